The molecule has 4 heteroatoms. The number of carbonyl (C=O) groups excluding carboxylic acids is 1. The zero-order chi connectivity index (χ0) is 14.8. The van der Waals surface area contributed by atoms with Crippen LogP contribution in [0.5, 0.6) is 0 Å². The number of carbonyl (C=O) groups is 1. The van der Waals surface area contributed by atoms with E-state index in [1.54, 1.807) is 12.1 Å². The first kappa shape index (κ1) is 14.6. The van der Waals surface area contributed by atoms with Crippen LogP contribution in [0.1, 0.15) is 19.4 Å². The predicted octanol–water partition coefficient (Wildman–Crippen LogP) is 3.95. The lowest BCUT2D eigenvalue weighted by Gasteiger charge is -2.24. The smallest absolute Gasteiger partial charge is 0.234 e. The van der Waals surface area contributed by atoms with Gasteiger partial charge >= 0.3 is 0 Å². The van der Waals surface area contributed by atoms with Crippen LogP contribution in [0.4, 0.5) is 11.4 Å². The second-order valence-corrected chi connectivity index (χ2v) is 6.09. The molecule has 1 amide bonds. The number of amides is 1. The number of nitrogens with two attached hydrogens (primary N) is 1. The Balaban J connectivity index is 2.23. The van der Waals surface area contributed by atoms with Crippen LogP contribution in [0.2, 0.25) is 0 Å². The minimum atomic E-state index is -0.624. The molecule has 0 saturated heterocycles. The fourth-order valence-electron chi connectivity index (χ4n) is 1.91. The molecule has 0 atom stereocenters. The SMILES string of the molecule is CC(C)(C(=O)Nc1ccc(Br)cc1N)c1ccccc1. The van der Waals surface area contributed by atoms with E-state index in [1.807, 2.05) is 50.2 Å². The Bertz CT molecular complexity index is 624. The van der Waals surface area contributed by atoms with Crippen molar-refractivity contribution in [2.45, 2.75) is 19.3 Å². The minimum Gasteiger partial charge on any atom is -0.397 e. The Labute approximate surface area is 127 Å². The summed E-state index contributed by atoms with van der Waals surface area (Å²) in [5.41, 5.74) is 7.41. The summed E-state index contributed by atoms with van der Waals surface area (Å²) in [4.78, 5) is 12.5. The Morgan fingerprint density at radius 3 is 2.40 bits per heavy atom. The normalized spacial score (nSPS) is 11.2. The average Bonchev–Trinajstić information content (AvgIpc) is 2.42. The van der Waals surface area contributed by atoms with Crippen molar-refractivity contribution >= 4 is 33.2 Å². The monoisotopic (exact) mass is 332 g/mol. The van der Waals surface area contributed by atoms with Crippen molar-refractivity contribution in [1.29, 1.82) is 0 Å². The highest BCUT2D eigenvalue weighted by atomic mass is 79.9. The molecule has 0 aliphatic rings. The zero-order valence-electron chi connectivity index (χ0n) is 11.5. The first-order chi connectivity index (χ1) is 9.41. The van der Waals surface area contributed by atoms with Crippen molar-refractivity contribution in [2.75, 3.05) is 11.1 Å². The number of benzene rings is 2. The fourth-order valence-corrected chi connectivity index (χ4v) is 2.29. The van der Waals surface area contributed by atoms with Gasteiger partial charge < -0.3 is 11.1 Å². The third kappa shape index (κ3) is 3.02. The van der Waals surface area contributed by atoms with Crippen LogP contribution in [0, 0.1) is 0 Å². The molecule has 0 radical (unpaired) electrons. The van der Waals surface area contributed by atoms with Crippen LogP contribution >= 0.6 is 15.9 Å². The molecule has 3 nitrogen and oxygen atoms in total. The molecular formula is C16H17BrN2O. The molecule has 2 rings (SSSR count). The average molecular weight is 333 g/mol. The largest absolute Gasteiger partial charge is 0.397 e. The van der Waals surface area contributed by atoms with Crippen molar-refractivity contribution in [2.24, 2.45) is 0 Å². The van der Waals surface area contributed by atoms with Crippen molar-refractivity contribution in [1.82, 2.24) is 0 Å². The molecular weight excluding hydrogens is 316 g/mol. The quantitative estimate of drug-likeness (QED) is 0.836. The summed E-state index contributed by atoms with van der Waals surface area (Å²) in [6.45, 7) is 3.79. The van der Waals surface area contributed by atoms with Gasteiger partial charge in [0.1, 0.15) is 0 Å². The summed E-state index contributed by atoms with van der Waals surface area (Å²) in [6.07, 6.45) is 0. The first-order valence-electron chi connectivity index (χ1n) is 6.33. The molecule has 0 unspecified atom stereocenters. The second kappa shape index (κ2) is 5.67. The summed E-state index contributed by atoms with van der Waals surface area (Å²) in [7, 11) is 0. The summed E-state index contributed by atoms with van der Waals surface area (Å²) in [6, 6.07) is 15.1. The van der Waals surface area contributed by atoms with Gasteiger partial charge in [-0.2, -0.15) is 0 Å². The summed E-state index contributed by atoms with van der Waals surface area (Å²) < 4.78 is 0.885. The predicted molar refractivity (Wildman–Crippen MR) is 86.7 cm³/mol. The third-order valence-corrected chi connectivity index (χ3v) is 3.82. The molecule has 0 aliphatic carbocycles. The van der Waals surface area contributed by atoms with Gasteiger partial charge in [-0.25, -0.2) is 0 Å². The van der Waals surface area contributed by atoms with Crippen LogP contribution in [-0.4, -0.2) is 5.91 Å². The number of rotatable bonds is 3. The molecule has 0 heterocycles. The molecule has 2 aromatic carbocycles. The molecule has 0 aromatic heterocycles. The van der Waals surface area contributed by atoms with Gasteiger partial charge in [0, 0.05) is 4.47 Å². The highest BCUT2D eigenvalue weighted by Gasteiger charge is 2.29. The molecule has 0 bridgehead atoms. The Morgan fingerprint density at radius 1 is 1.15 bits per heavy atom. The zero-order valence-corrected chi connectivity index (χ0v) is 13.1. The molecule has 0 fully saturated rings. The van der Waals surface area contributed by atoms with Crippen molar-refractivity contribution in [3.05, 3.63) is 58.6 Å². The van der Waals surface area contributed by atoms with E-state index in [4.69, 9.17) is 5.73 Å². The van der Waals surface area contributed by atoms with E-state index in [-0.39, 0.29) is 5.91 Å². The maximum Gasteiger partial charge on any atom is 0.234 e. The molecule has 3 N–H and O–H groups in total. The van der Waals surface area contributed by atoms with Gasteiger partial charge in [-0.05, 0) is 37.6 Å². The standard InChI is InChI=1S/C16H17BrN2O/c1-16(2,11-6-4-3-5-7-11)15(20)19-14-9-8-12(17)10-13(14)18/h3-10H,18H2,1-2H3,(H,19,20). The maximum atomic E-state index is 12.5. The third-order valence-electron chi connectivity index (χ3n) is 3.32. The maximum absolute atomic E-state index is 12.5. The Hall–Kier alpha value is -1.81. The number of hydrogen-bond donors (Lipinski definition) is 2. The lowest BCUT2D eigenvalue weighted by atomic mass is 9.83. The number of hydrogen-bond acceptors (Lipinski definition) is 2. The lowest BCUT2D eigenvalue weighted by molar-refractivity contribution is -0.120. The molecule has 2 aromatic rings. The van der Waals surface area contributed by atoms with Crippen LogP contribution in [0.3, 0.4) is 0 Å². The van der Waals surface area contributed by atoms with E-state index in [0.29, 0.717) is 11.4 Å². The van der Waals surface area contributed by atoms with Crippen LogP contribution < -0.4 is 11.1 Å². The van der Waals surface area contributed by atoms with E-state index in [0.717, 1.165) is 10.0 Å². The van der Waals surface area contributed by atoms with E-state index in [2.05, 4.69) is 21.2 Å². The molecule has 0 saturated carbocycles. The van der Waals surface area contributed by atoms with Gasteiger partial charge in [-0.3, -0.25) is 4.79 Å². The molecule has 20 heavy (non-hydrogen) atoms. The number of nitrogens with one attached hydrogen (secondary N) is 1. The van der Waals surface area contributed by atoms with Crippen LogP contribution in [0.15, 0.2) is 53.0 Å². The van der Waals surface area contributed by atoms with Crippen LogP contribution in [-0.2, 0) is 10.2 Å². The topological polar surface area (TPSA) is 55.1 Å². The van der Waals surface area contributed by atoms with E-state index < -0.39 is 5.41 Å². The van der Waals surface area contributed by atoms with Gasteiger partial charge in [-0.15, -0.1) is 0 Å². The Morgan fingerprint density at radius 2 is 1.80 bits per heavy atom. The summed E-state index contributed by atoms with van der Waals surface area (Å²) in [5.74, 6) is -0.0854. The second-order valence-electron chi connectivity index (χ2n) is 5.18. The van der Waals surface area contributed by atoms with E-state index >= 15 is 0 Å². The van der Waals surface area contributed by atoms with E-state index in [9.17, 15) is 4.79 Å². The Kier molecular flexibility index (Phi) is 4.14. The van der Waals surface area contributed by atoms with Gasteiger partial charge in [0.2, 0.25) is 5.91 Å². The highest BCUT2D eigenvalue weighted by Crippen LogP contribution is 2.28. The molecule has 0 spiro atoms. The fraction of sp³-hybridized carbons (Fsp3) is 0.188. The van der Waals surface area contributed by atoms with Crippen LogP contribution in [0.25, 0.3) is 0 Å². The summed E-state index contributed by atoms with van der Waals surface area (Å²) >= 11 is 3.35. The number of nitrogen functional groups attached to an aromatic ring is 1. The lowest BCUT2D eigenvalue weighted by Crippen LogP contribution is -2.34. The minimum absolute atomic E-state index is 0.0854. The van der Waals surface area contributed by atoms with Crippen molar-refractivity contribution in [3.8, 4) is 0 Å². The highest BCUT2D eigenvalue weighted by molar-refractivity contribution is 9.10. The van der Waals surface area contributed by atoms with Crippen molar-refractivity contribution in [3.63, 3.8) is 0 Å². The van der Waals surface area contributed by atoms with Crippen molar-refractivity contribution < 1.29 is 4.79 Å². The number of anilines is 2. The summed E-state index contributed by atoms with van der Waals surface area (Å²) in [5, 5.41) is 2.89. The van der Waals surface area contributed by atoms with Gasteiger partial charge in [-0.1, -0.05) is 46.3 Å². The first-order valence-corrected chi connectivity index (χ1v) is 7.12. The van der Waals surface area contributed by atoms with Gasteiger partial charge in [0.25, 0.3) is 0 Å². The van der Waals surface area contributed by atoms with E-state index in [1.165, 1.54) is 0 Å². The number of halogens is 1. The van der Waals surface area contributed by atoms with Gasteiger partial charge in [0.05, 0.1) is 16.8 Å². The van der Waals surface area contributed by atoms with Gasteiger partial charge in [0.15, 0.2) is 0 Å². The molecule has 104 valence electrons. The molecule has 0 aliphatic heterocycles.